The summed E-state index contributed by atoms with van der Waals surface area (Å²) in [4.78, 5) is 10.2. The molecule has 0 fully saturated rings. The van der Waals surface area contributed by atoms with Gasteiger partial charge in [-0.3, -0.25) is 0 Å². The van der Waals surface area contributed by atoms with Gasteiger partial charge >= 0.3 is 5.97 Å². The van der Waals surface area contributed by atoms with Crippen molar-refractivity contribution in [3.63, 3.8) is 0 Å². The summed E-state index contributed by atoms with van der Waals surface area (Å²) in [6, 6.07) is 3.35. The molecule has 0 saturated heterocycles. The summed E-state index contributed by atoms with van der Waals surface area (Å²) in [5, 5.41) is 15.7. The summed E-state index contributed by atoms with van der Waals surface area (Å²) < 4.78 is 10.1. The van der Waals surface area contributed by atoms with Crippen molar-refractivity contribution in [1.82, 2.24) is 10.2 Å². The van der Waals surface area contributed by atoms with Crippen LogP contribution in [-0.2, 0) is 4.79 Å². The highest BCUT2D eigenvalue weighted by Crippen LogP contribution is 2.17. The molecule has 2 aromatic heterocycles. The zero-order valence-corrected chi connectivity index (χ0v) is 7.45. The standard InChI is InChI=1S/C9H6N2O4/c12-8(13)4-3-7-10-11-9(15-7)6-2-1-5-14-6/h1-5H,(H,12,13)/b4-3+. The lowest BCUT2D eigenvalue weighted by Gasteiger charge is -1.83. The third-order valence-corrected chi connectivity index (χ3v) is 1.54. The Bertz CT molecular complexity index is 484. The average molecular weight is 206 g/mol. The number of carboxylic acid groups (broad SMARTS) is 1. The molecule has 6 heteroatoms. The second-order valence-electron chi connectivity index (χ2n) is 2.59. The van der Waals surface area contributed by atoms with Crippen LogP contribution in [-0.4, -0.2) is 21.3 Å². The normalized spacial score (nSPS) is 10.9. The summed E-state index contributed by atoms with van der Waals surface area (Å²) in [7, 11) is 0. The number of furan rings is 1. The predicted octanol–water partition coefficient (Wildman–Crippen LogP) is 1.43. The van der Waals surface area contributed by atoms with Gasteiger partial charge in [-0.2, -0.15) is 0 Å². The minimum absolute atomic E-state index is 0.115. The van der Waals surface area contributed by atoms with Crippen LogP contribution < -0.4 is 0 Å². The van der Waals surface area contributed by atoms with E-state index >= 15 is 0 Å². The minimum atomic E-state index is -1.08. The molecule has 2 rings (SSSR count). The molecule has 2 heterocycles. The van der Waals surface area contributed by atoms with E-state index in [1.54, 1.807) is 12.1 Å². The van der Waals surface area contributed by atoms with E-state index < -0.39 is 5.97 Å². The highest BCUT2D eigenvalue weighted by molar-refractivity contribution is 5.84. The first-order valence-corrected chi connectivity index (χ1v) is 4.04. The van der Waals surface area contributed by atoms with Crippen molar-refractivity contribution in [3.05, 3.63) is 30.4 Å². The van der Waals surface area contributed by atoms with Crippen molar-refractivity contribution in [2.75, 3.05) is 0 Å². The molecule has 0 spiro atoms. The summed E-state index contributed by atoms with van der Waals surface area (Å²) in [6.45, 7) is 0. The summed E-state index contributed by atoms with van der Waals surface area (Å²) >= 11 is 0. The molecule has 0 aromatic carbocycles. The van der Waals surface area contributed by atoms with Crippen LogP contribution in [0.4, 0.5) is 0 Å². The number of carbonyl (C=O) groups is 1. The van der Waals surface area contributed by atoms with Gasteiger partial charge in [-0.1, -0.05) is 0 Å². The van der Waals surface area contributed by atoms with Gasteiger partial charge in [0.05, 0.1) is 6.26 Å². The van der Waals surface area contributed by atoms with E-state index in [0.717, 1.165) is 6.08 Å². The molecule has 2 aromatic rings. The van der Waals surface area contributed by atoms with E-state index in [1.165, 1.54) is 12.3 Å². The molecule has 76 valence electrons. The molecule has 0 bridgehead atoms. The van der Waals surface area contributed by atoms with Gasteiger partial charge < -0.3 is 13.9 Å². The SMILES string of the molecule is O=C(O)/C=C/c1nnc(-c2ccco2)o1. The molecule has 0 amide bonds. The van der Waals surface area contributed by atoms with Gasteiger partial charge in [-0.05, 0) is 12.1 Å². The van der Waals surface area contributed by atoms with E-state index in [4.69, 9.17) is 13.9 Å². The number of aliphatic carboxylic acids is 1. The maximum atomic E-state index is 10.2. The molecule has 1 N–H and O–H groups in total. The van der Waals surface area contributed by atoms with Crippen LogP contribution in [0.5, 0.6) is 0 Å². The third-order valence-electron chi connectivity index (χ3n) is 1.54. The van der Waals surface area contributed by atoms with Crippen molar-refractivity contribution in [2.24, 2.45) is 0 Å². The highest BCUT2D eigenvalue weighted by atomic mass is 16.4. The topological polar surface area (TPSA) is 89.4 Å². The summed E-state index contributed by atoms with van der Waals surface area (Å²) in [5.41, 5.74) is 0. The van der Waals surface area contributed by atoms with Gasteiger partial charge in [0.1, 0.15) is 0 Å². The van der Waals surface area contributed by atoms with Gasteiger partial charge in [0.25, 0.3) is 5.89 Å². The molecule has 6 nitrogen and oxygen atoms in total. The molecule has 0 saturated carbocycles. The maximum absolute atomic E-state index is 10.2. The third kappa shape index (κ3) is 2.11. The van der Waals surface area contributed by atoms with Gasteiger partial charge in [-0.15, -0.1) is 10.2 Å². The summed E-state index contributed by atoms with van der Waals surface area (Å²) in [5.74, 6) is -0.306. The first-order valence-electron chi connectivity index (χ1n) is 4.04. The molecule has 0 aliphatic heterocycles. The molecule has 0 radical (unpaired) electrons. The monoisotopic (exact) mass is 206 g/mol. The lowest BCUT2D eigenvalue weighted by molar-refractivity contribution is -0.131. The second-order valence-corrected chi connectivity index (χ2v) is 2.59. The first-order chi connectivity index (χ1) is 7.25. The Balaban J connectivity index is 2.21. The van der Waals surface area contributed by atoms with Gasteiger partial charge in [-0.25, -0.2) is 4.79 Å². The van der Waals surface area contributed by atoms with Crippen LogP contribution in [0.1, 0.15) is 5.89 Å². The van der Waals surface area contributed by atoms with Gasteiger partial charge in [0.15, 0.2) is 5.76 Å². The van der Waals surface area contributed by atoms with Gasteiger partial charge in [0, 0.05) is 12.2 Å². The maximum Gasteiger partial charge on any atom is 0.328 e. The number of hydrogen-bond donors (Lipinski definition) is 1. The van der Waals surface area contributed by atoms with Crippen LogP contribution in [0.3, 0.4) is 0 Å². The fourth-order valence-electron chi connectivity index (χ4n) is 0.944. The first kappa shape index (κ1) is 9.20. The Labute approximate surface area is 83.8 Å². The molecule has 0 atom stereocenters. The molecule has 15 heavy (non-hydrogen) atoms. The zero-order chi connectivity index (χ0) is 10.7. The van der Waals surface area contributed by atoms with Crippen LogP contribution >= 0.6 is 0 Å². The van der Waals surface area contributed by atoms with Crippen molar-refractivity contribution < 1.29 is 18.7 Å². The van der Waals surface area contributed by atoms with E-state index in [1.807, 2.05) is 0 Å². The molecular weight excluding hydrogens is 200 g/mol. The van der Waals surface area contributed by atoms with Crippen molar-refractivity contribution in [3.8, 4) is 11.7 Å². The Kier molecular flexibility index (Phi) is 2.32. The lowest BCUT2D eigenvalue weighted by Crippen LogP contribution is -1.85. The van der Waals surface area contributed by atoms with Crippen LogP contribution in [0.25, 0.3) is 17.7 Å². The fourth-order valence-corrected chi connectivity index (χ4v) is 0.944. The Morgan fingerprint density at radius 2 is 2.33 bits per heavy atom. The van der Waals surface area contributed by atoms with Gasteiger partial charge in [0.2, 0.25) is 5.89 Å². The average Bonchev–Trinajstić information content (AvgIpc) is 2.85. The quantitative estimate of drug-likeness (QED) is 0.764. The molecule has 0 aliphatic rings. The molecule has 0 aliphatic carbocycles. The second kappa shape index (κ2) is 3.79. The van der Waals surface area contributed by atoms with Crippen molar-refractivity contribution >= 4 is 12.0 Å². The van der Waals surface area contributed by atoms with Crippen LogP contribution in [0.2, 0.25) is 0 Å². The van der Waals surface area contributed by atoms with E-state index in [2.05, 4.69) is 10.2 Å². The smallest absolute Gasteiger partial charge is 0.328 e. The Morgan fingerprint density at radius 3 is 3.00 bits per heavy atom. The zero-order valence-electron chi connectivity index (χ0n) is 7.45. The molecular formula is C9H6N2O4. The van der Waals surface area contributed by atoms with Crippen LogP contribution in [0, 0.1) is 0 Å². The summed E-state index contributed by atoms with van der Waals surface area (Å²) in [6.07, 6.45) is 3.60. The largest absolute Gasteiger partial charge is 0.478 e. The molecule has 0 unspecified atom stereocenters. The number of aromatic nitrogens is 2. The number of hydrogen-bond acceptors (Lipinski definition) is 5. The lowest BCUT2D eigenvalue weighted by atomic mass is 10.4. The Hall–Kier alpha value is -2.37. The Morgan fingerprint density at radius 1 is 1.47 bits per heavy atom. The van der Waals surface area contributed by atoms with Crippen molar-refractivity contribution in [1.29, 1.82) is 0 Å². The number of nitrogens with zero attached hydrogens (tertiary/aromatic N) is 2. The minimum Gasteiger partial charge on any atom is -0.478 e. The van der Waals surface area contributed by atoms with E-state index in [0.29, 0.717) is 5.76 Å². The number of carboxylic acids is 1. The van der Waals surface area contributed by atoms with E-state index in [9.17, 15) is 4.79 Å². The highest BCUT2D eigenvalue weighted by Gasteiger charge is 2.08. The van der Waals surface area contributed by atoms with E-state index in [-0.39, 0.29) is 11.8 Å². The predicted molar refractivity (Wildman–Crippen MR) is 48.7 cm³/mol. The fraction of sp³-hybridized carbons (Fsp3) is 0. The number of rotatable bonds is 3. The van der Waals surface area contributed by atoms with Crippen LogP contribution in [0.15, 0.2) is 33.3 Å². The van der Waals surface area contributed by atoms with Crippen molar-refractivity contribution in [2.45, 2.75) is 0 Å².